The van der Waals surface area contributed by atoms with Gasteiger partial charge in [0.15, 0.2) is 0 Å². The normalized spacial score (nSPS) is 34.6. The van der Waals surface area contributed by atoms with E-state index >= 15 is 0 Å². The lowest BCUT2D eigenvalue weighted by Crippen LogP contribution is -2.32. The average Bonchev–Trinajstić information content (AvgIpc) is 2.11. The number of hydrogen-bond acceptors (Lipinski definition) is 2. The van der Waals surface area contributed by atoms with Gasteiger partial charge < -0.3 is 5.11 Å². The van der Waals surface area contributed by atoms with E-state index in [0.29, 0.717) is 0 Å². The third-order valence-electron chi connectivity index (χ3n) is 1.99. The maximum absolute atomic E-state index is 10.6. The van der Waals surface area contributed by atoms with Gasteiger partial charge in [-0.15, -0.1) is 0 Å². The van der Waals surface area contributed by atoms with E-state index in [1.807, 2.05) is 11.6 Å². The second-order valence-electron chi connectivity index (χ2n) is 2.79. The van der Waals surface area contributed by atoms with Gasteiger partial charge >= 0.3 is 5.97 Å². The number of carbonyl (C=O) groups is 1. The Morgan fingerprint density at radius 1 is 1.80 bits per heavy atom. The molecule has 1 rings (SSSR count). The number of carboxylic acids is 1. The third-order valence-corrected chi connectivity index (χ3v) is 2.57. The Morgan fingerprint density at radius 2 is 2.40 bits per heavy atom. The first-order valence-electron chi connectivity index (χ1n) is 3.37. The van der Waals surface area contributed by atoms with Crippen LogP contribution in [0.5, 0.6) is 0 Å². The molecule has 1 aliphatic rings. The second kappa shape index (κ2) is 2.85. The van der Waals surface area contributed by atoms with Gasteiger partial charge in [0, 0.05) is 6.54 Å². The topological polar surface area (TPSA) is 40.5 Å². The molecule has 58 valence electrons. The summed E-state index contributed by atoms with van der Waals surface area (Å²) in [6.07, 6.45) is 0.987. The van der Waals surface area contributed by atoms with Gasteiger partial charge in [0.05, 0.1) is 0 Å². The Labute approximate surface area is 62.7 Å². The molecule has 0 amide bonds. The minimum atomic E-state index is -0.708. The summed E-state index contributed by atoms with van der Waals surface area (Å²) in [6, 6.07) is -0.287. The summed E-state index contributed by atoms with van der Waals surface area (Å²) < 4.78 is 1.81. The first-order valence-corrected chi connectivity index (χ1v) is 3.88. The molecule has 0 spiro atoms. The minimum Gasteiger partial charge on any atom is -0.480 e. The van der Waals surface area contributed by atoms with E-state index in [1.165, 1.54) is 0 Å². The monoisotopic (exact) mass is 161 g/mol. The van der Waals surface area contributed by atoms with E-state index in [1.54, 1.807) is 0 Å². The molecular formula is C6H12NO2P. The van der Waals surface area contributed by atoms with E-state index in [9.17, 15) is 4.79 Å². The zero-order valence-electron chi connectivity index (χ0n) is 5.95. The molecule has 0 aromatic carbocycles. The maximum Gasteiger partial charge on any atom is 0.321 e. The van der Waals surface area contributed by atoms with Crippen molar-refractivity contribution >= 4 is 15.4 Å². The summed E-state index contributed by atoms with van der Waals surface area (Å²) >= 11 is 0. The highest BCUT2D eigenvalue weighted by Crippen LogP contribution is 2.26. The van der Waals surface area contributed by atoms with Crippen molar-refractivity contribution in [1.29, 1.82) is 0 Å². The molecule has 3 nitrogen and oxygen atoms in total. The summed E-state index contributed by atoms with van der Waals surface area (Å²) in [6.45, 7) is 2.85. The molecule has 1 saturated heterocycles. The Hall–Kier alpha value is -0.140. The van der Waals surface area contributed by atoms with Crippen LogP contribution >= 0.6 is 9.39 Å². The largest absolute Gasteiger partial charge is 0.480 e. The van der Waals surface area contributed by atoms with Crippen molar-refractivity contribution in [3.05, 3.63) is 0 Å². The predicted molar refractivity (Wildman–Crippen MR) is 41.6 cm³/mol. The van der Waals surface area contributed by atoms with Crippen LogP contribution in [0.3, 0.4) is 0 Å². The lowest BCUT2D eigenvalue weighted by Gasteiger charge is -2.16. The van der Waals surface area contributed by atoms with Gasteiger partial charge in [-0.05, 0) is 12.3 Å². The molecule has 2 unspecified atom stereocenters. The van der Waals surface area contributed by atoms with Crippen LogP contribution in [0, 0.1) is 5.92 Å². The molecule has 0 bridgehead atoms. The number of rotatable bonds is 1. The molecule has 10 heavy (non-hydrogen) atoms. The minimum absolute atomic E-state index is 0.287. The van der Waals surface area contributed by atoms with Crippen LogP contribution in [0.2, 0.25) is 0 Å². The van der Waals surface area contributed by atoms with Crippen LogP contribution in [0.25, 0.3) is 0 Å². The Balaban J connectivity index is 2.63. The van der Waals surface area contributed by atoms with Crippen molar-refractivity contribution in [2.45, 2.75) is 19.4 Å². The van der Waals surface area contributed by atoms with Crippen LogP contribution in [-0.2, 0) is 4.79 Å². The lowest BCUT2D eigenvalue weighted by atomic mass is 10.0. The Bertz CT molecular complexity index is 141. The summed E-state index contributed by atoms with van der Waals surface area (Å²) in [5.41, 5.74) is 0. The van der Waals surface area contributed by atoms with Gasteiger partial charge in [0.25, 0.3) is 0 Å². The lowest BCUT2D eigenvalue weighted by molar-refractivity contribution is -0.141. The Kier molecular flexibility index (Phi) is 2.27. The highest BCUT2D eigenvalue weighted by atomic mass is 31.0. The highest BCUT2D eigenvalue weighted by molar-refractivity contribution is 7.13. The summed E-state index contributed by atoms with van der Waals surface area (Å²) in [4.78, 5) is 10.6. The first-order chi connectivity index (χ1) is 4.63. The molecule has 3 atom stereocenters. The van der Waals surface area contributed by atoms with E-state index in [-0.39, 0.29) is 12.0 Å². The van der Waals surface area contributed by atoms with E-state index < -0.39 is 5.97 Å². The van der Waals surface area contributed by atoms with E-state index in [2.05, 4.69) is 9.39 Å². The standard InChI is InChI=1S/C6H12NO2P/c1-4-2-3-7(10)5(4)6(8)9/h4-5H,2-3,10H2,1H3,(H,8,9)/t4-,5?/m0/s1. The third kappa shape index (κ3) is 1.30. The average molecular weight is 161 g/mol. The molecule has 1 fully saturated rings. The van der Waals surface area contributed by atoms with E-state index in [4.69, 9.17) is 5.11 Å². The van der Waals surface area contributed by atoms with Gasteiger partial charge in [-0.3, -0.25) is 9.46 Å². The zero-order chi connectivity index (χ0) is 7.72. The molecular weight excluding hydrogens is 149 g/mol. The first kappa shape index (κ1) is 7.96. The summed E-state index contributed by atoms with van der Waals surface area (Å²) in [5, 5.41) is 8.70. The Morgan fingerprint density at radius 3 is 2.60 bits per heavy atom. The van der Waals surface area contributed by atoms with Gasteiger partial charge in [0.2, 0.25) is 0 Å². The molecule has 0 aromatic rings. The van der Waals surface area contributed by atoms with Gasteiger partial charge in [-0.25, -0.2) is 0 Å². The molecule has 0 aromatic heterocycles. The predicted octanol–water partition coefficient (Wildman–Crippen LogP) is 0.571. The number of hydrogen-bond donors (Lipinski definition) is 1. The van der Waals surface area contributed by atoms with Crippen LogP contribution in [0.4, 0.5) is 0 Å². The molecule has 1 heterocycles. The quantitative estimate of drug-likeness (QED) is 0.571. The van der Waals surface area contributed by atoms with Crippen LogP contribution < -0.4 is 0 Å². The molecule has 0 saturated carbocycles. The van der Waals surface area contributed by atoms with Gasteiger partial charge in [-0.1, -0.05) is 16.3 Å². The molecule has 1 N–H and O–H groups in total. The smallest absolute Gasteiger partial charge is 0.321 e. The van der Waals surface area contributed by atoms with Crippen LogP contribution in [-0.4, -0.2) is 28.3 Å². The van der Waals surface area contributed by atoms with Gasteiger partial charge in [0.1, 0.15) is 6.04 Å². The van der Waals surface area contributed by atoms with Crippen molar-refractivity contribution in [1.82, 2.24) is 4.67 Å². The van der Waals surface area contributed by atoms with Crippen molar-refractivity contribution in [3.63, 3.8) is 0 Å². The molecule has 4 heteroatoms. The summed E-state index contributed by atoms with van der Waals surface area (Å²) in [5.74, 6) is -0.421. The van der Waals surface area contributed by atoms with Crippen LogP contribution in [0.1, 0.15) is 13.3 Å². The van der Waals surface area contributed by atoms with Crippen molar-refractivity contribution < 1.29 is 9.90 Å². The van der Waals surface area contributed by atoms with Crippen LogP contribution in [0.15, 0.2) is 0 Å². The fourth-order valence-corrected chi connectivity index (χ4v) is 1.93. The number of carboxylic acid groups (broad SMARTS) is 1. The molecule has 0 radical (unpaired) electrons. The van der Waals surface area contributed by atoms with Gasteiger partial charge in [-0.2, -0.15) is 0 Å². The molecule has 1 aliphatic heterocycles. The number of nitrogens with zero attached hydrogens (tertiary/aromatic N) is 1. The summed E-state index contributed by atoms with van der Waals surface area (Å²) in [7, 11) is 2.46. The van der Waals surface area contributed by atoms with Crippen molar-refractivity contribution in [3.8, 4) is 0 Å². The highest BCUT2D eigenvalue weighted by Gasteiger charge is 2.34. The fraction of sp³-hybridized carbons (Fsp3) is 0.833. The fourth-order valence-electron chi connectivity index (χ4n) is 1.36. The maximum atomic E-state index is 10.6. The van der Waals surface area contributed by atoms with E-state index in [0.717, 1.165) is 13.0 Å². The van der Waals surface area contributed by atoms with Crippen molar-refractivity contribution in [2.24, 2.45) is 5.92 Å². The zero-order valence-corrected chi connectivity index (χ0v) is 7.10. The second-order valence-corrected chi connectivity index (χ2v) is 3.45. The number of aliphatic carboxylic acids is 1. The SMILES string of the molecule is C[C@H]1CCN(P)C1C(=O)O. The molecule has 0 aliphatic carbocycles. The van der Waals surface area contributed by atoms with Crippen molar-refractivity contribution in [2.75, 3.05) is 6.54 Å².